The number of hydrogen-bond acceptors (Lipinski definition) is 2. The van der Waals surface area contributed by atoms with E-state index in [1.54, 1.807) is 7.11 Å². The summed E-state index contributed by atoms with van der Waals surface area (Å²) in [5.41, 5.74) is 0. The van der Waals surface area contributed by atoms with Gasteiger partial charge < -0.3 is 9.64 Å². The minimum atomic E-state index is 0.618. The first kappa shape index (κ1) is 11.4. The summed E-state index contributed by atoms with van der Waals surface area (Å²) in [5.74, 6) is 0. The van der Waals surface area contributed by atoms with Crippen molar-refractivity contribution in [1.82, 2.24) is 4.90 Å². The molecule has 0 amide bonds. The van der Waals surface area contributed by atoms with Gasteiger partial charge in [-0.1, -0.05) is 22.9 Å². The molecule has 0 aliphatic rings. The standard InChI is InChI=1S/C8H18BrNO/c1-8(9)4-5-10(2)6-7-11-3/h8H,4-7H2,1-3H3. The van der Waals surface area contributed by atoms with Gasteiger partial charge in [0.15, 0.2) is 0 Å². The molecule has 0 heterocycles. The molecule has 0 N–H and O–H groups in total. The predicted octanol–water partition coefficient (Wildman–Crippen LogP) is 1.74. The molecule has 0 aliphatic carbocycles. The minimum Gasteiger partial charge on any atom is -0.383 e. The SMILES string of the molecule is COCCN(C)CCC(C)Br. The van der Waals surface area contributed by atoms with Crippen LogP contribution in [0.1, 0.15) is 13.3 Å². The van der Waals surface area contributed by atoms with Crippen molar-refractivity contribution in [3.63, 3.8) is 0 Å². The van der Waals surface area contributed by atoms with Crippen molar-refractivity contribution in [2.45, 2.75) is 18.2 Å². The van der Waals surface area contributed by atoms with E-state index < -0.39 is 0 Å². The number of nitrogens with zero attached hydrogens (tertiary/aromatic N) is 1. The van der Waals surface area contributed by atoms with Gasteiger partial charge in [-0.05, 0) is 20.0 Å². The molecule has 0 aromatic carbocycles. The van der Waals surface area contributed by atoms with E-state index >= 15 is 0 Å². The third-order valence-corrected chi connectivity index (χ3v) is 2.04. The average Bonchev–Trinajstić information content (AvgIpc) is 1.97. The first-order valence-electron chi connectivity index (χ1n) is 3.98. The Morgan fingerprint density at radius 3 is 2.55 bits per heavy atom. The lowest BCUT2D eigenvalue weighted by molar-refractivity contribution is 0.161. The molecule has 0 rings (SSSR count). The largest absolute Gasteiger partial charge is 0.383 e. The molecule has 0 radical (unpaired) electrons. The van der Waals surface area contributed by atoms with Crippen molar-refractivity contribution in [3.8, 4) is 0 Å². The van der Waals surface area contributed by atoms with Crippen LogP contribution in [0.2, 0.25) is 0 Å². The van der Waals surface area contributed by atoms with Crippen molar-refractivity contribution in [1.29, 1.82) is 0 Å². The zero-order valence-corrected chi connectivity index (χ0v) is 9.23. The lowest BCUT2D eigenvalue weighted by atomic mass is 10.3. The Balaban J connectivity index is 3.15. The molecule has 68 valence electrons. The highest BCUT2D eigenvalue weighted by atomic mass is 79.9. The van der Waals surface area contributed by atoms with Crippen LogP contribution in [0.4, 0.5) is 0 Å². The second kappa shape index (κ2) is 7.07. The van der Waals surface area contributed by atoms with E-state index in [0.717, 1.165) is 19.7 Å². The Bertz CT molecular complexity index is 88.2. The van der Waals surface area contributed by atoms with E-state index in [9.17, 15) is 0 Å². The smallest absolute Gasteiger partial charge is 0.0589 e. The molecule has 0 saturated heterocycles. The zero-order valence-electron chi connectivity index (χ0n) is 7.64. The first-order valence-corrected chi connectivity index (χ1v) is 4.90. The Hall–Kier alpha value is 0.400. The van der Waals surface area contributed by atoms with Crippen molar-refractivity contribution < 1.29 is 4.74 Å². The van der Waals surface area contributed by atoms with Gasteiger partial charge in [-0.25, -0.2) is 0 Å². The molecule has 11 heavy (non-hydrogen) atoms. The van der Waals surface area contributed by atoms with E-state index in [4.69, 9.17) is 4.74 Å². The van der Waals surface area contributed by atoms with Gasteiger partial charge in [0, 0.05) is 18.5 Å². The van der Waals surface area contributed by atoms with Gasteiger partial charge in [-0.2, -0.15) is 0 Å². The quantitative estimate of drug-likeness (QED) is 0.637. The van der Waals surface area contributed by atoms with Gasteiger partial charge in [-0.3, -0.25) is 0 Å². The monoisotopic (exact) mass is 223 g/mol. The Kier molecular flexibility index (Phi) is 7.33. The maximum absolute atomic E-state index is 4.97. The topological polar surface area (TPSA) is 12.5 Å². The fraction of sp³-hybridized carbons (Fsp3) is 1.00. The van der Waals surface area contributed by atoms with E-state index in [-0.39, 0.29) is 0 Å². The van der Waals surface area contributed by atoms with Gasteiger partial charge in [0.05, 0.1) is 6.61 Å². The number of halogens is 1. The van der Waals surface area contributed by atoms with Crippen LogP contribution >= 0.6 is 15.9 Å². The van der Waals surface area contributed by atoms with E-state index in [1.165, 1.54) is 6.42 Å². The molecule has 1 atom stereocenters. The average molecular weight is 224 g/mol. The third-order valence-electron chi connectivity index (χ3n) is 1.59. The molecule has 0 spiro atoms. The summed E-state index contributed by atoms with van der Waals surface area (Å²) in [6, 6.07) is 0. The fourth-order valence-electron chi connectivity index (χ4n) is 0.757. The summed E-state index contributed by atoms with van der Waals surface area (Å²) in [6.07, 6.45) is 1.19. The Morgan fingerprint density at radius 1 is 1.45 bits per heavy atom. The summed E-state index contributed by atoms with van der Waals surface area (Å²) in [5, 5.41) is 0. The normalized spacial score (nSPS) is 13.9. The van der Waals surface area contributed by atoms with Crippen molar-refractivity contribution in [3.05, 3.63) is 0 Å². The maximum Gasteiger partial charge on any atom is 0.0589 e. The lowest BCUT2D eigenvalue weighted by Gasteiger charge is -2.16. The summed E-state index contributed by atoms with van der Waals surface area (Å²) < 4.78 is 4.97. The van der Waals surface area contributed by atoms with E-state index in [0.29, 0.717) is 4.83 Å². The lowest BCUT2D eigenvalue weighted by Crippen LogP contribution is -2.25. The van der Waals surface area contributed by atoms with Crippen LogP contribution in [0.15, 0.2) is 0 Å². The van der Waals surface area contributed by atoms with E-state index in [2.05, 4.69) is 34.8 Å². The summed E-state index contributed by atoms with van der Waals surface area (Å²) in [7, 11) is 3.86. The van der Waals surface area contributed by atoms with Crippen LogP contribution in [0.25, 0.3) is 0 Å². The molecule has 3 heteroatoms. The molecule has 0 saturated carbocycles. The Labute approximate surface area is 78.0 Å². The number of alkyl halides is 1. The third kappa shape index (κ3) is 8.30. The highest BCUT2D eigenvalue weighted by Crippen LogP contribution is 2.03. The molecular weight excluding hydrogens is 206 g/mol. The number of hydrogen-bond donors (Lipinski definition) is 0. The number of likely N-dealkylation sites (N-methyl/N-ethyl adjacent to an activating group) is 1. The van der Waals surface area contributed by atoms with Crippen LogP contribution in [0.3, 0.4) is 0 Å². The van der Waals surface area contributed by atoms with Crippen LogP contribution < -0.4 is 0 Å². The van der Waals surface area contributed by atoms with Crippen LogP contribution in [-0.4, -0.2) is 43.6 Å². The molecule has 2 nitrogen and oxygen atoms in total. The van der Waals surface area contributed by atoms with Crippen molar-refractivity contribution >= 4 is 15.9 Å². The Morgan fingerprint density at radius 2 is 2.09 bits per heavy atom. The second-order valence-electron chi connectivity index (χ2n) is 2.87. The highest BCUT2D eigenvalue weighted by Gasteiger charge is 1.99. The number of methoxy groups -OCH3 is 1. The fourth-order valence-corrected chi connectivity index (χ4v) is 0.962. The first-order chi connectivity index (χ1) is 5.16. The van der Waals surface area contributed by atoms with Gasteiger partial charge >= 0.3 is 0 Å². The van der Waals surface area contributed by atoms with Crippen LogP contribution in [-0.2, 0) is 4.74 Å². The van der Waals surface area contributed by atoms with Gasteiger partial charge in [0.1, 0.15) is 0 Å². The minimum absolute atomic E-state index is 0.618. The molecule has 1 unspecified atom stereocenters. The zero-order chi connectivity index (χ0) is 8.69. The van der Waals surface area contributed by atoms with E-state index in [1.807, 2.05) is 0 Å². The summed E-state index contributed by atoms with van der Waals surface area (Å²) in [6.45, 7) is 5.16. The van der Waals surface area contributed by atoms with Crippen molar-refractivity contribution in [2.24, 2.45) is 0 Å². The molecule has 0 aromatic heterocycles. The highest BCUT2D eigenvalue weighted by molar-refractivity contribution is 9.09. The summed E-state index contributed by atoms with van der Waals surface area (Å²) >= 11 is 3.51. The maximum atomic E-state index is 4.97. The number of rotatable bonds is 6. The number of ether oxygens (including phenoxy) is 1. The van der Waals surface area contributed by atoms with Crippen molar-refractivity contribution in [2.75, 3.05) is 33.9 Å². The molecular formula is C8H18BrNO. The summed E-state index contributed by atoms with van der Waals surface area (Å²) in [4.78, 5) is 2.90. The van der Waals surface area contributed by atoms with Crippen LogP contribution in [0.5, 0.6) is 0 Å². The molecule has 0 bridgehead atoms. The van der Waals surface area contributed by atoms with Gasteiger partial charge in [0.2, 0.25) is 0 Å². The molecule has 0 aromatic rings. The predicted molar refractivity (Wildman–Crippen MR) is 52.4 cm³/mol. The molecule has 0 aliphatic heterocycles. The van der Waals surface area contributed by atoms with Gasteiger partial charge in [-0.15, -0.1) is 0 Å². The van der Waals surface area contributed by atoms with Gasteiger partial charge in [0.25, 0.3) is 0 Å². The van der Waals surface area contributed by atoms with Crippen LogP contribution in [0, 0.1) is 0 Å². The second-order valence-corrected chi connectivity index (χ2v) is 4.43. The molecule has 0 fully saturated rings.